The van der Waals surface area contributed by atoms with E-state index in [4.69, 9.17) is 21.0 Å². The number of rotatable bonds is 9. The predicted octanol–water partition coefficient (Wildman–Crippen LogP) is -2.50. The third kappa shape index (κ3) is 5.94. The lowest BCUT2D eigenvalue weighted by atomic mass is 10.2. The summed E-state index contributed by atoms with van der Waals surface area (Å²) in [6.45, 7) is 2.59. The molecule has 1 rings (SSSR count). The molecule has 1 aromatic rings. The molecule has 0 aliphatic rings. The number of primary amides is 1. The summed E-state index contributed by atoms with van der Waals surface area (Å²) in [5.41, 5.74) is 10.8. The number of nitrogens with zero attached hydrogens (tertiary/aromatic N) is 2. The average molecular weight is 374 g/mol. The highest BCUT2D eigenvalue weighted by Crippen LogP contribution is 2.19. The minimum absolute atomic E-state index is 0.126. The van der Waals surface area contributed by atoms with E-state index < -0.39 is 54.7 Å². The Bertz CT molecular complexity index is 647. The Balaban J connectivity index is 2.92. The van der Waals surface area contributed by atoms with E-state index in [1.54, 1.807) is 0 Å². The van der Waals surface area contributed by atoms with Crippen LogP contribution in [0.5, 0.6) is 0 Å². The van der Waals surface area contributed by atoms with Crippen LogP contribution in [0.4, 0.5) is 4.79 Å². The molecule has 0 aliphatic carbocycles. The van der Waals surface area contributed by atoms with E-state index in [1.165, 1.54) is 13.8 Å². The summed E-state index contributed by atoms with van der Waals surface area (Å²) in [6.07, 6.45) is -2.78. The number of aromatic nitrogens is 2. The smallest absolute Gasteiger partial charge is 0.328 e. The van der Waals surface area contributed by atoms with Crippen LogP contribution in [-0.2, 0) is 9.59 Å². The lowest BCUT2D eigenvalue weighted by Gasteiger charge is -2.20. The normalized spacial score (nSPS) is 16.8. The van der Waals surface area contributed by atoms with Crippen molar-refractivity contribution in [2.24, 2.45) is 11.5 Å². The molecule has 0 fully saturated rings. The number of hydrogen-bond donors (Lipinski definition) is 7. The first-order valence-electron chi connectivity index (χ1n) is 7.56. The summed E-state index contributed by atoms with van der Waals surface area (Å²) in [6, 6.07) is -4.74. The number of hydrogen-bond acceptors (Lipinski definition) is 9. The van der Waals surface area contributed by atoms with Crippen molar-refractivity contribution in [3.8, 4) is 0 Å². The number of carboxylic acids is 1. The van der Waals surface area contributed by atoms with Crippen molar-refractivity contribution in [2.75, 3.05) is 0 Å². The number of carbonyl (C=O) groups excluding carboxylic acids is 2. The molecule has 0 spiro atoms. The van der Waals surface area contributed by atoms with Gasteiger partial charge in [-0.2, -0.15) is 0 Å². The fourth-order valence-electron chi connectivity index (χ4n) is 1.86. The summed E-state index contributed by atoms with van der Waals surface area (Å²) in [5, 5.41) is 39.3. The van der Waals surface area contributed by atoms with Gasteiger partial charge in [-0.1, -0.05) is 0 Å². The Morgan fingerprint density at radius 3 is 2.15 bits per heavy atom. The van der Waals surface area contributed by atoms with Gasteiger partial charge in [0.05, 0.1) is 18.6 Å². The van der Waals surface area contributed by atoms with Crippen molar-refractivity contribution in [1.29, 1.82) is 0 Å². The van der Waals surface area contributed by atoms with Crippen LogP contribution < -0.4 is 22.1 Å². The highest BCUT2D eigenvalue weighted by molar-refractivity contribution is 5.83. The molecule has 0 bridgehead atoms. The standard InChI is InChI=1S/C13H22N6O7/c1-4(20)8(15)11-19-18-10(26-11)6(3-7(14)22)16-13(25)17-9(5(2)21)12(23)24/h4-6,8-9,20-21H,3,15H2,1-2H3,(H2,14,22)(H,23,24)(H2,16,17,25). The Hall–Kier alpha value is -2.77. The zero-order valence-corrected chi connectivity index (χ0v) is 14.1. The first kappa shape index (κ1) is 21.3. The molecule has 1 heterocycles. The SMILES string of the molecule is CC(O)C(NC(=O)NC(CC(N)=O)c1nnc(C(N)C(C)O)o1)C(=O)O. The van der Waals surface area contributed by atoms with Gasteiger partial charge in [0.1, 0.15) is 12.1 Å². The predicted molar refractivity (Wildman–Crippen MR) is 84.2 cm³/mol. The number of aliphatic hydroxyl groups excluding tert-OH is 2. The van der Waals surface area contributed by atoms with Gasteiger partial charge in [0, 0.05) is 0 Å². The summed E-state index contributed by atoms with van der Waals surface area (Å²) in [7, 11) is 0. The maximum absolute atomic E-state index is 12.0. The van der Waals surface area contributed by atoms with Gasteiger partial charge in [0.15, 0.2) is 6.04 Å². The van der Waals surface area contributed by atoms with Gasteiger partial charge in [0.2, 0.25) is 17.7 Å². The fraction of sp³-hybridized carbons (Fsp3) is 0.615. The van der Waals surface area contributed by atoms with Crippen LogP contribution in [0.15, 0.2) is 4.42 Å². The van der Waals surface area contributed by atoms with Crippen molar-refractivity contribution in [3.05, 3.63) is 11.8 Å². The highest BCUT2D eigenvalue weighted by atomic mass is 16.4. The van der Waals surface area contributed by atoms with E-state index in [9.17, 15) is 24.6 Å². The maximum atomic E-state index is 12.0. The Kier molecular flexibility index (Phi) is 7.42. The third-order valence-corrected chi connectivity index (χ3v) is 3.30. The monoisotopic (exact) mass is 374 g/mol. The van der Waals surface area contributed by atoms with E-state index in [0.717, 1.165) is 0 Å². The van der Waals surface area contributed by atoms with Crippen molar-refractivity contribution >= 4 is 17.9 Å². The van der Waals surface area contributed by atoms with Crippen molar-refractivity contribution < 1.29 is 34.1 Å². The average Bonchev–Trinajstić information content (AvgIpc) is 2.99. The minimum Gasteiger partial charge on any atom is -0.480 e. The summed E-state index contributed by atoms with van der Waals surface area (Å²) in [5.74, 6) is -2.60. The molecule has 0 radical (unpaired) electrons. The molecule has 5 unspecified atom stereocenters. The second-order valence-electron chi connectivity index (χ2n) is 5.64. The van der Waals surface area contributed by atoms with E-state index in [0.29, 0.717) is 0 Å². The molecule has 5 atom stereocenters. The zero-order valence-electron chi connectivity index (χ0n) is 14.1. The van der Waals surface area contributed by atoms with Gasteiger partial charge in [-0.3, -0.25) is 4.79 Å². The molecule has 0 aliphatic heterocycles. The largest absolute Gasteiger partial charge is 0.480 e. The Morgan fingerprint density at radius 2 is 1.69 bits per heavy atom. The molecule has 26 heavy (non-hydrogen) atoms. The van der Waals surface area contributed by atoms with Crippen molar-refractivity contribution in [1.82, 2.24) is 20.8 Å². The molecule has 9 N–H and O–H groups in total. The number of amides is 3. The summed E-state index contributed by atoms with van der Waals surface area (Å²) in [4.78, 5) is 34.2. The Labute approximate surface area is 147 Å². The first-order chi connectivity index (χ1) is 12.0. The quantitative estimate of drug-likeness (QED) is 0.240. The number of urea groups is 1. The molecule has 0 aromatic carbocycles. The first-order valence-corrected chi connectivity index (χ1v) is 7.56. The van der Waals surface area contributed by atoms with Gasteiger partial charge in [-0.05, 0) is 13.8 Å². The number of aliphatic hydroxyl groups is 2. The molecule has 146 valence electrons. The second kappa shape index (κ2) is 9.07. The number of nitrogens with one attached hydrogen (secondary N) is 2. The van der Waals surface area contributed by atoms with Gasteiger partial charge in [0.25, 0.3) is 0 Å². The van der Waals surface area contributed by atoms with Crippen LogP contribution in [0.2, 0.25) is 0 Å². The molecule has 13 nitrogen and oxygen atoms in total. The molecule has 13 heteroatoms. The highest BCUT2D eigenvalue weighted by Gasteiger charge is 2.29. The van der Waals surface area contributed by atoms with Crippen LogP contribution in [0.25, 0.3) is 0 Å². The van der Waals surface area contributed by atoms with Crippen LogP contribution in [0, 0.1) is 0 Å². The third-order valence-electron chi connectivity index (χ3n) is 3.30. The van der Waals surface area contributed by atoms with Gasteiger partial charge < -0.3 is 41.8 Å². The zero-order chi connectivity index (χ0) is 20.0. The fourth-order valence-corrected chi connectivity index (χ4v) is 1.86. The molecule has 0 saturated carbocycles. The van der Waals surface area contributed by atoms with Crippen LogP contribution in [0.1, 0.15) is 44.1 Å². The molecule has 0 saturated heterocycles. The number of carbonyl (C=O) groups is 3. The molecular weight excluding hydrogens is 352 g/mol. The minimum atomic E-state index is -1.58. The topological polar surface area (TPSA) is 227 Å². The van der Waals surface area contributed by atoms with Crippen LogP contribution >= 0.6 is 0 Å². The van der Waals surface area contributed by atoms with Crippen LogP contribution in [0.3, 0.4) is 0 Å². The van der Waals surface area contributed by atoms with Crippen molar-refractivity contribution in [2.45, 2.75) is 50.6 Å². The number of nitrogens with two attached hydrogens (primary N) is 2. The van der Waals surface area contributed by atoms with E-state index in [-0.39, 0.29) is 11.8 Å². The second-order valence-corrected chi connectivity index (χ2v) is 5.64. The lowest BCUT2D eigenvalue weighted by Crippen LogP contribution is -2.52. The lowest BCUT2D eigenvalue weighted by molar-refractivity contribution is -0.141. The van der Waals surface area contributed by atoms with Gasteiger partial charge >= 0.3 is 12.0 Å². The number of carboxylic acid groups (broad SMARTS) is 1. The van der Waals surface area contributed by atoms with E-state index in [1.807, 2.05) is 5.32 Å². The summed E-state index contributed by atoms with van der Waals surface area (Å²) < 4.78 is 5.25. The Morgan fingerprint density at radius 1 is 1.12 bits per heavy atom. The van der Waals surface area contributed by atoms with E-state index in [2.05, 4.69) is 15.5 Å². The van der Waals surface area contributed by atoms with Gasteiger partial charge in [-0.15, -0.1) is 10.2 Å². The van der Waals surface area contributed by atoms with Gasteiger partial charge in [-0.25, -0.2) is 9.59 Å². The number of aliphatic carboxylic acids is 1. The molecule has 1 aromatic heterocycles. The van der Waals surface area contributed by atoms with E-state index >= 15 is 0 Å². The summed E-state index contributed by atoms with van der Waals surface area (Å²) >= 11 is 0. The van der Waals surface area contributed by atoms with Crippen molar-refractivity contribution in [3.63, 3.8) is 0 Å². The molecule has 3 amide bonds. The maximum Gasteiger partial charge on any atom is 0.328 e. The molecular formula is C13H22N6O7. The van der Waals surface area contributed by atoms with Crippen LogP contribution in [-0.4, -0.2) is 61.7 Å².